The summed E-state index contributed by atoms with van der Waals surface area (Å²) >= 11 is 3.61. The van der Waals surface area contributed by atoms with E-state index in [1.54, 1.807) is 7.11 Å². The van der Waals surface area contributed by atoms with Crippen LogP contribution in [0.1, 0.15) is 18.9 Å². The van der Waals surface area contributed by atoms with E-state index in [0.717, 1.165) is 36.3 Å². The van der Waals surface area contributed by atoms with Crippen molar-refractivity contribution in [1.82, 2.24) is 4.90 Å². The summed E-state index contributed by atoms with van der Waals surface area (Å²) in [5, 5.41) is 0. The first-order chi connectivity index (χ1) is 8.60. The van der Waals surface area contributed by atoms with Crippen molar-refractivity contribution in [1.29, 1.82) is 0 Å². The van der Waals surface area contributed by atoms with Gasteiger partial charge < -0.3 is 10.5 Å². The minimum atomic E-state index is 0.356. The second-order valence-corrected chi connectivity index (χ2v) is 5.98. The number of ether oxygens (including phenoxy) is 1. The summed E-state index contributed by atoms with van der Waals surface area (Å²) in [6.45, 7) is 5.34. The van der Waals surface area contributed by atoms with Gasteiger partial charge in [0.2, 0.25) is 0 Å². The lowest BCUT2D eigenvalue weighted by atomic mass is 9.94. The molecule has 0 aliphatic carbocycles. The number of nitrogens with zero attached hydrogens (tertiary/aromatic N) is 1. The molecule has 1 aromatic rings. The van der Waals surface area contributed by atoms with Crippen molar-refractivity contribution in [3.63, 3.8) is 0 Å². The second-order valence-electron chi connectivity index (χ2n) is 5.12. The maximum absolute atomic E-state index is 6.05. The maximum Gasteiger partial charge on any atom is 0.119 e. The molecule has 1 aliphatic heterocycles. The summed E-state index contributed by atoms with van der Waals surface area (Å²) < 4.78 is 6.42. The van der Waals surface area contributed by atoms with E-state index in [4.69, 9.17) is 10.5 Å². The van der Waals surface area contributed by atoms with Gasteiger partial charge in [-0.05, 0) is 42.6 Å². The van der Waals surface area contributed by atoms with Crippen molar-refractivity contribution in [2.45, 2.75) is 25.9 Å². The van der Waals surface area contributed by atoms with Gasteiger partial charge in [-0.25, -0.2) is 0 Å². The molecule has 0 aromatic heterocycles. The van der Waals surface area contributed by atoms with Gasteiger partial charge in [0, 0.05) is 23.6 Å². The van der Waals surface area contributed by atoms with Crippen molar-refractivity contribution >= 4 is 15.9 Å². The normalized spacial score (nSPS) is 25.1. The summed E-state index contributed by atoms with van der Waals surface area (Å²) in [6.07, 6.45) is 1.09. The molecule has 0 saturated carbocycles. The Kier molecular flexibility index (Phi) is 4.65. The molecule has 1 fully saturated rings. The average molecular weight is 313 g/mol. The van der Waals surface area contributed by atoms with Crippen molar-refractivity contribution < 1.29 is 4.74 Å². The van der Waals surface area contributed by atoms with Crippen LogP contribution in [-0.4, -0.2) is 31.1 Å². The predicted molar refractivity (Wildman–Crippen MR) is 77.7 cm³/mol. The van der Waals surface area contributed by atoms with Crippen LogP contribution in [0.5, 0.6) is 5.75 Å². The molecule has 1 aliphatic rings. The van der Waals surface area contributed by atoms with Gasteiger partial charge in [0.1, 0.15) is 5.75 Å². The van der Waals surface area contributed by atoms with E-state index < -0.39 is 0 Å². The molecule has 4 heteroatoms. The molecule has 2 N–H and O–H groups in total. The van der Waals surface area contributed by atoms with Gasteiger partial charge in [-0.15, -0.1) is 0 Å². The molecule has 2 rings (SSSR count). The van der Waals surface area contributed by atoms with Crippen molar-refractivity contribution in [3.05, 3.63) is 28.2 Å². The minimum absolute atomic E-state index is 0.356. The lowest BCUT2D eigenvalue weighted by molar-refractivity contribution is 0.157. The highest BCUT2D eigenvalue weighted by Crippen LogP contribution is 2.25. The smallest absolute Gasteiger partial charge is 0.119 e. The molecule has 3 nitrogen and oxygen atoms in total. The lowest BCUT2D eigenvalue weighted by Gasteiger charge is -2.35. The molecule has 2 atom stereocenters. The van der Waals surface area contributed by atoms with E-state index in [0.29, 0.717) is 12.0 Å². The van der Waals surface area contributed by atoms with Crippen LogP contribution in [-0.2, 0) is 6.54 Å². The number of likely N-dealkylation sites (tertiary alicyclic amines) is 1. The van der Waals surface area contributed by atoms with Crippen molar-refractivity contribution in [2.75, 3.05) is 20.2 Å². The summed E-state index contributed by atoms with van der Waals surface area (Å²) in [5.41, 5.74) is 7.33. The van der Waals surface area contributed by atoms with E-state index in [2.05, 4.69) is 33.8 Å². The molecular formula is C14H21BrN2O. The van der Waals surface area contributed by atoms with Crippen molar-refractivity contribution in [3.8, 4) is 5.75 Å². The largest absolute Gasteiger partial charge is 0.497 e. The summed E-state index contributed by atoms with van der Waals surface area (Å²) in [4.78, 5) is 2.47. The number of benzene rings is 1. The van der Waals surface area contributed by atoms with E-state index >= 15 is 0 Å². The lowest BCUT2D eigenvalue weighted by Crippen LogP contribution is -2.45. The summed E-state index contributed by atoms with van der Waals surface area (Å²) in [5.74, 6) is 1.48. The highest BCUT2D eigenvalue weighted by Gasteiger charge is 2.23. The van der Waals surface area contributed by atoms with E-state index in [1.807, 2.05) is 12.1 Å². The fourth-order valence-electron chi connectivity index (χ4n) is 2.43. The highest BCUT2D eigenvalue weighted by atomic mass is 79.9. The first-order valence-corrected chi connectivity index (χ1v) is 7.20. The fourth-order valence-corrected chi connectivity index (χ4v) is 2.81. The third-order valence-electron chi connectivity index (χ3n) is 3.70. The Hall–Kier alpha value is -0.580. The molecule has 18 heavy (non-hydrogen) atoms. The zero-order chi connectivity index (χ0) is 13.1. The van der Waals surface area contributed by atoms with E-state index in [9.17, 15) is 0 Å². The highest BCUT2D eigenvalue weighted by molar-refractivity contribution is 9.10. The molecule has 2 unspecified atom stereocenters. The van der Waals surface area contributed by atoms with Crippen molar-refractivity contribution in [2.24, 2.45) is 11.7 Å². The third kappa shape index (κ3) is 3.25. The van der Waals surface area contributed by atoms with Crippen LogP contribution in [0.4, 0.5) is 0 Å². The minimum Gasteiger partial charge on any atom is -0.497 e. The Bertz CT molecular complexity index is 411. The molecule has 0 bridgehead atoms. The molecule has 1 aromatic carbocycles. The zero-order valence-corrected chi connectivity index (χ0v) is 12.6. The fraction of sp³-hybridized carbons (Fsp3) is 0.571. The van der Waals surface area contributed by atoms with Gasteiger partial charge in [-0.2, -0.15) is 0 Å². The molecule has 0 radical (unpaired) electrons. The van der Waals surface area contributed by atoms with Crippen LogP contribution in [0, 0.1) is 5.92 Å². The van der Waals surface area contributed by atoms with Gasteiger partial charge in [-0.3, -0.25) is 4.90 Å². The van der Waals surface area contributed by atoms with Gasteiger partial charge in [0.05, 0.1) is 7.11 Å². The van der Waals surface area contributed by atoms with Gasteiger partial charge in [0.15, 0.2) is 0 Å². The SMILES string of the molecule is COc1ccc(Br)c(CN2CCC(N)C(C)C2)c1. The summed E-state index contributed by atoms with van der Waals surface area (Å²) in [6, 6.07) is 6.48. The second kappa shape index (κ2) is 6.04. The molecule has 100 valence electrons. The van der Waals surface area contributed by atoms with Crippen LogP contribution in [0.15, 0.2) is 22.7 Å². The Morgan fingerprint density at radius 2 is 2.28 bits per heavy atom. The Morgan fingerprint density at radius 1 is 1.50 bits per heavy atom. The van der Waals surface area contributed by atoms with Crippen LogP contribution >= 0.6 is 15.9 Å². The first-order valence-electron chi connectivity index (χ1n) is 6.40. The van der Waals surface area contributed by atoms with Crippen LogP contribution in [0.25, 0.3) is 0 Å². The number of nitrogens with two attached hydrogens (primary N) is 1. The number of halogens is 1. The number of hydrogen-bond acceptors (Lipinski definition) is 3. The summed E-state index contributed by atoms with van der Waals surface area (Å²) in [7, 11) is 1.70. The number of rotatable bonds is 3. The van der Waals surface area contributed by atoms with Crippen LogP contribution in [0.3, 0.4) is 0 Å². The van der Waals surface area contributed by atoms with E-state index in [-0.39, 0.29) is 0 Å². The monoisotopic (exact) mass is 312 g/mol. The van der Waals surface area contributed by atoms with Crippen LogP contribution < -0.4 is 10.5 Å². The van der Waals surface area contributed by atoms with Gasteiger partial charge in [-0.1, -0.05) is 22.9 Å². The Morgan fingerprint density at radius 3 is 2.94 bits per heavy atom. The number of methoxy groups -OCH3 is 1. The Balaban J connectivity index is 2.05. The van der Waals surface area contributed by atoms with Gasteiger partial charge in [0.25, 0.3) is 0 Å². The molecular weight excluding hydrogens is 292 g/mol. The maximum atomic E-state index is 6.05. The quantitative estimate of drug-likeness (QED) is 0.932. The molecule has 0 spiro atoms. The molecule has 1 saturated heterocycles. The van der Waals surface area contributed by atoms with E-state index in [1.165, 1.54) is 5.56 Å². The molecule has 0 amide bonds. The Labute approximate surface area is 117 Å². The zero-order valence-electron chi connectivity index (χ0n) is 11.0. The first kappa shape index (κ1) is 13.8. The number of piperidine rings is 1. The van der Waals surface area contributed by atoms with Gasteiger partial charge >= 0.3 is 0 Å². The molecule has 1 heterocycles. The third-order valence-corrected chi connectivity index (χ3v) is 4.48. The predicted octanol–water partition coefficient (Wildman–Crippen LogP) is 2.63. The van der Waals surface area contributed by atoms with Crippen LogP contribution in [0.2, 0.25) is 0 Å². The average Bonchev–Trinajstić information content (AvgIpc) is 2.36. The standard InChI is InChI=1S/C14H21BrN2O/c1-10-8-17(6-5-14(10)16)9-11-7-12(18-2)3-4-13(11)15/h3-4,7,10,14H,5-6,8-9,16H2,1-2H3. The number of hydrogen-bond donors (Lipinski definition) is 1. The topological polar surface area (TPSA) is 38.5 Å².